The highest BCUT2D eigenvalue weighted by Crippen LogP contribution is 2.38. The SMILES string of the molecule is NCC1(c2cccc(-c3ccccc3)c2)CCN(c2ncnc3[nH]ccc23)CC1. The van der Waals surface area contributed by atoms with E-state index in [0.717, 1.165) is 42.8 Å². The zero-order valence-corrected chi connectivity index (χ0v) is 16.4. The minimum absolute atomic E-state index is 0.00554. The van der Waals surface area contributed by atoms with E-state index in [1.807, 2.05) is 6.20 Å². The Morgan fingerprint density at radius 3 is 2.52 bits per heavy atom. The highest BCUT2D eigenvalue weighted by Gasteiger charge is 2.36. The second-order valence-electron chi connectivity index (χ2n) is 7.86. The van der Waals surface area contributed by atoms with Crippen molar-refractivity contribution in [3.05, 3.63) is 78.8 Å². The summed E-state index contributed by atoms with van der Waals surface area (Å²) in [5, 5.41) is 1.08. The van der Waals surface area contributed by atoms with Crippen LogP contribution in [0.25, 0.3) is 22.2 Å². The van der Waals surface area contributed by atoms with E-state index in [2.05, 4.69) is 80.5 Å². The molecule has 0 aliphatic carbocycles. The third kappa shape index (κ3) is 3.17. The Balaban J connectivity index is 1.42. The topological polar surface area (TPSA) is 70.8 Å². The summed E-state index contributed by atoms with van der Waals surface area (Å²) in [4.78, 5) is 14.4. The van der Waals surface area contributed by atoms with Crippen molar-refractivity contribution in [1.82, 2.24) is 15.0 Å². The van der Waals surface area contributed by atoms with Crippen molar-refractivity contribution < 1.29 is 0 Å². The van der Waals surface area contributed by atoms with Crippen molar-refractivity contribution in [3.8, 4) is 11.1 Å². The van der Waals surface area contributed by atoms with Crippen LogP contribution in [0.1, 0.15) is 18.4 Å². The van der Waals surface area contributed by atoms with Gasteiger partial charge >= 0.3 is 0 Å². The lowest BCUT2D eigenvalue weighted by molar-refractivity contribution is 0.339. The zero-order valence-electron chi connectivity index (χ0n) is 16.4. The standard InChI is InChI=1S/C24H25N5/c25-16-24(20-8-4-7-19(15-20)18-5-2-1-3-6-18)10-13-29(14-11-24)23-21-9-12-26-22(21)27-17-28-23/h1-9,12,15,17H,10-11,13-14,16,25H2,(H,26,27,28). The van der Waals surface area contributed by atoms with E-state index in [1.165, 1.54) is 16.7 Å². The van der Waals surface area contributed by atoms with Crippen LogP contribution in [0.4, 0.5) is 5.82 Å². The number of piperidine rings is 1. The molecule has 29 heavy (non-hydrogen) atoms. The predicted octanol–water partition coefficient (Wildman–Crippen LogP) is 4.12. The van der Waals surface area contributed by atoms with Gasteiger partial charge in [0.15, 0.2) is 0 Å². The van der Waals surface area contributed by atoms with Crippen molar-refractivity contribution in [1.29, 1.82) is 0 Å². The lowest BCUT2D eigenvalue weighted by Gasteiger charge is -2.42. The van der Waals surface area contributed by atoms with E-state index in [1.54, 1.807) is 6.33 Å². The van der Waals surface area contributed by atoms with Gasteiger partial charge in [0.05, 0.1) is 5.39 Å². The first-order valence-electron chi connectivity index (χ1n) is 10.2. The van der Waals surface area contributed by atoms with Gasteiger partial charge in [-0.05, 0) is 35.6 Å². The van der Waals surface area contributed by atoms with Gasteiger partial charge in [-0.1, -0.05) is 54.6 Å². The number of nitrogens with two attached hydrogens (primary N) is 1. The molecule has 2 aromatic heterocycles. The summed E-state index contributed by atoms with van der Waals surface area (Å²) in [5.74, 6) is 1.01. The molecular weight excluding hydrogens is 358 g/mol. The molecule has 3 N–H and O–H groups in total. The molecule has 5 rings (SSSR count). The van der Waals surface area contributed by atoms with E-state index in [4.69, 9.17) is 5.73 Å². The molecule has 0 spiro atoms. The first-order chi connectivity index (χ1) is 14.3. The molecule has 1 aliphatic heterocycles. The maximum atomic E-state index is 6.37. The Morgan fingerprint density at radius 2 is 1.72 bits per heavy atom. The molecule has 0 amide bonds. The third-order valence-corrected chi connectivity index (χ3v) is 6.33. The molecule has 4 aromatic rings. The number of fused-ring (bicyclic) bond motifs is 1. The first-order valence-corrected chi connectivity index (χ1v) is 10.2. The molecule has 1 aliphatic rings. The van der Waals surface area contributed by atoms with Crippen LogP contribution in [0.2, 0.25) is 0 Å². The van der Waals surface area contributed by atoms with Gasteiger partial charge in [0.25, 0.3) is 0 Å². The van der Waals surface area contributed by atoms with Crippen LogP contribution in [0.3, 0.4) is 0 Å². The predicted molar refractivity (Wildman–Crippen MR) is 118 cm³/mol. The molecule has 0 radical (unpaired) electrons. The molecule has 5 nitrogen and oxygen atoms in total. The number of hydrogen-bond donors (Lipinski definition) is 2. The Bertz CT molecular complexity index is 1110. The fourth-order valence-electron chi connectivity index (χ4n) is 4.53. The van der Waals surface area contributed by atoms with Crippen LogP contribution in [0, 0.1) is 0 Å². The number of rotatable bonds is 4. The van der Waals surface area contributed by atoms with Crippen LogP contribution in [-0.2, 0) is 5.41 Å². The van der Waals surface area contributed by atoms with E-state index < -0.39 is 0 Å². The molecule has 0 bridgehead atoms. The summed E-state index contributed by atoms with van der Waals surface area (Å²) in [5.41, 5.74) is 11.1. The Hall–Kier alpha value is -3.18. The molecule has 146 valence electrons. The quantitative estimate of drug-likeness (QED) is 0.556. The average Bonchev–Trinajstić information content (AvgIpc) is 3.29. The maximum Gasteiger partial charge on any atom is 0.142 e. The maximum absolute atomic E-state index is 6.37. The minimum Gasteiger partial charge on any atom is -0.356 e. The van der Waals surface area contributed by atoms with Crippen molar-refractivity contribution in [3.63, 3.8) is 0 Å². The smallest absolute Gasteiger partial charge is 0.142 e. The van der Waals surface area contributed by atoms with Crippen LogP contribution >= 0.6 is 0 Å². The van der Waals surface area contributed by atoms with Gasteiger partial charge in [0.2, 0.25) is 0 Å². The number of aromatic nitrogens is 3. The van der Waals surface area contributed by atoms with Gasteiger partial charge in [-0.25, -0.2) is 9.97 Å². The third-order valence-electron chi connectivity index (χ3n) is 6.33. The molecule has 1 saturated heterocycles. The molecule has 2 aromatic carbocycles. The molecule has 3 heterocycles. The summed E-state index contributed by atoms with van der Waals surface area (Å²) < 4.78 is 0. The van der Waals surface area contributed by atoms with Gasteiger partial charge < -0.3 is 15.6 Å². The summed E-state index contributed by atoms with van der Waals surface area (Å²) in [6.07, 6.45) is 5.59. The number of anilines is 1. The van der Waals surface area contributed by atoms with Gasteiger partial charge in [-0.3, -0.25) is 0 Å². The van der Waals surface area contributed by atoms with Crippen LogP contribution < -0.4 is 10.6 Å². The largest absolute Gasteiger partial charge is 0.356 e. The number of aromatic amines is 1. The van der Waals surface area contributed by atoms with Crippen molar-refractivity contribution in [2.75, 3.05) is 24.5 Å². The van der Waals surface area contributed by atoms with Gasteiger partial charge in [0.1, 0.15) is 17.8 Å². The van der Waals surface area contributed by atoms with E-state index in [-0.39, 0.29) is 5.41 Å². The fourth-order valence-corrected chi connectivity index (χ4v) is 4.53. The highest BCUT2D eigenvalue weighted by molar-refractivity contribution is 5.87. The number of hydrogen-bond acceptors (Lipinski definition) is 4. The van der Waals surface area contributed by atoms with Gasteiger partial charge in [-0.15, -0.1) is 0 Å². The minimum atomic E-state index is 0.00554. The lowest BCUT2D eigenvalue weighted by atomic mass is 9.72. The monoisotopic (exact) mass is 383 g/mol. The molecule has 1 fully saturated rings. The lowest BCUT2D eigenvalue weighted by Crippen LogP contribution is -2.47. The summed E-state index contributed by atoms with van der Waals surface area (Å²) in [6, 6.07) is 21.5. The summed E-state index contributed by atoms with van der Waals surface area (Å²) in [7, 11) is 0. The van der Waals surface area contributed by atoms with Gasteiger partial charge in [-0.2, -0.15) is 0 Å². The number of nitrogens with zero attached hydrogens (tertiary/aromatic N) is 3. The van der Waals surface area contributed by atoms with Crippen molar-refractivity contribution in [2.24, 2.45) is 5.73 Å². The average molecular weight is 383 g/mol. The molecular formula is C24H25N5. The second kappa shape index (κ2) is 7.33. The second-order valence-corrected chi connectivity index (χ2v) is 7.86. The molecule has 5 heteroatoms. The number of H-pyrrole nitrogens is 1. The zero-order chi connectivity index (χ0) is 19.7. The molecule has 0 unspecified atom stereocenters. The molecule has 0 saturated carbocycles. The van der Waals surface area contributed by atoms with Gasteiger partial charge in [0, 0.05) is 31.2 Å². The molecule has 0 atom stereocenters. The van der Waals surface area contributed by atoms with Crippen LogP contribution in [0.5, 0.6) is 0 Å². The van der Waals surface area contributed by atoms with E-state index in [9.17, 15) is 0 Å². The summed E-state index contributed by atoms with van der Waals surface area (Å²) >= 11 is 0. The summed E-state index contributed by atoms with van der Waals surface area (Å²) in [6.45, 7) is 2.52. The van der Waals surface area contributed by atoms with Crippen LogP contribution in [0.15, 0.2) is 73.2 Å². The van der Waals surface area contributed by atoms with E-state index in [0.29, 0.717) is 6.54 Å². The Morgan fingerprint density at radius 1 is 0.931 bits per heavy atom. The highest BCUT2D eigenvalue weighted by atomic mass is 15.2. The number of benzene rings is 2. The van der Waals surface area contributed by atoms with Crippen molar-refractivity contribution in [2.45, 2.75) is 18.3 Å². The normalized spacial score (nSPS) is 16.2. The Labute approximate surface area is 170 Å². The Kier molecular flexibility index (Phi) is 4.52. The van der Waals surface area contributed by atoms with Crippen LogP contribution in [-0.4, -0.2) is 34.6 Å². The number of nitrogens with one attached hydrogen (secondary N) is 1. The van der Waals surface area contributed by atoms with E-state index >= 15 is 0 Å². The van der Waals surface area contributed by atoms with Crippen molar-refractivity contribution >= 4 is 16.9 Å². The first kappa shape index (κ1) is 17.9. The fraction of sp³-hybridized carbons (Fsp3) is 0.250.